The van der Waals surface area contributed by atoms with Gasteiger partial charge in [-0.2, -0.15) is 0 Å². The largest absolute Gasteiger partial charge is 0.367 e. The van der Waals surface area contributed by atoms with Crippen LogP contribution < -0.4 is 15.5 Å². The van der Waals surface area contributed by atoms with Crippen LogP contribution in [-0.2, 0) is 0 Å². The van der Waals surface area contributed by atoms with E-state index in [0.29, 0.717) is 6.04 Å². The number of hydrogen-bond acceptors (Lipinski definition) is 5. The van der Waals surface area contributed by atoms with E-state index in [-0.39, 0.29) is 0 Å². The first-order chi connectivity index (χ1) is 9.31. The second kappa shape index (κ2) is 5.74. The van der Waals surface area contributed by atoms with Gasteiger partial charge in [0.05, 0.1) is 0 Å². The second-order valence-electron chi connectivity index (χ2n) is 5.52. The highest BCUT2D eigenvalue weighted by Crippen LogP contribution is 2.21. The van der Waals surface area contributed by atoms with Crippen molar-refractivity contribution in [3.05, 3.63) is 11.9 Å². The van der Waals surface area contributed by atoms with E-state index in [1.165, 1.54) is 25.7 Å². The first kappa shape index (κ1) is 12.7. The molecule has 2 aliphatic heterocycles. The third-order valence-electron chi connectivity index (χ3n) is 3.95. The van der Waals surface area contributed by atoms with Gasteiger partial charge in [-0.05, 0) is 45.7 Å². The summed E-state index contributed by atoms with van der Waals surface area (Å²) in [6, 6.07) is 2.65. The zero-order valence-electron chi connectivity index (χ0n) is 11.7. The van der Waals surface area contributed by atoms with Crippen molar-refractivity contribution in [1.29, 1.82) is 0 Å². The van der Waals surface area contributed by atoms with E-state index in [9.17, 15) is 0 Å². The van der Waals surface area contributed by atoms with Crippen LogP contribution in [0.15, 0.2) is 6.07 Å². The van der Waals surface area contributed by atoms with Crippen LogP contribution in [0.1, 0.15) is 31.5 Å². The molecule has 0 aromatic carbocycles. The lowest BCUT2D eigenvalue weighted by atomic mass is 10.1. The molecule has 2 N–H and O–H groups in total. The van der Waals surface area contributed by atoms with Crippen LogP contribution in [0.3, 0.4) is 0 Å². The van der Waals surface area contributed by atoms with Crippen LogP contribution in [0.25, 0.3) is 0 Å². The molecule has 0 spiro atoms. The van der Waals surface area contributed by atoms with Crippen molar-refractivity contribution < 1.29 is 0 Å². The van der Waals surface area contributed by atoms with Gasteiger partial charge in [0, 0.05) is 25.2 Å². The molecule has 0 radical (unpaired) electrons. The monoisotopic (exact) mass is 261 g/mol. The van der Waals surface area contributed by atoms with Crippen molar-refractivity contribution in [2.24, 2.45) is 0 Å². The lowest BCUT2D eigenvalue weighted by Gasteiger charge is -2.25. The molecule has 3 heterocycles. The number of anilines is 2. The van der Waals surface area contributed by atoms with Crippen LogP contribution in [-0.4, -0.2) is 42.2 Å². The Kier molecular flexibility index (Phi) is 3.82. The summed E-state index contributed by atoms with van der Waals surface area (Å²) in [5.74, 6) is 2.93. The lowest BCUT2D eigenvalue weighted by Crippen LogP contribution is -2.35. The van der Waals surface area contributed by atoms with Crippen molar-refractivity contribution in [2.45, 2.75) is 38.6 Å². The fourth-order valence-corrected chi connectivity index (χ4v) is 2.91. The van der Waals surface area contributed by atoms with E-state index >= 15 is 0 Å². The number of hydrogen-bond donors (Lipinski definition) is 2. The van der Waals surface area contributed by atoms with E-state index in [1.54, 1.807) is 0 Å². The molecule has 0 amide bonds. The van der Waals surface area contributed by atoms with E-state index < -0.39 is 0 Å². The Labute approximate surface area is 114 Å². The van der Waals surface area contributed by atoms with Crippen LogP contribution >= 0.6 is 0 Å². The quantitative estimate of drug-likeness (QED) is 0.864. The van der Waals surface area contributed by atoms with Gasteiger partial charge in [0.25, 0.3) is 0 Å². The van der Waals surface area contributed by atoms with Gasteiger partial charge in [-0.25, -0.2) is 9.97 Å². The molecule has 1 aromatic heterocycles. The van der Waals surface area contributed by atoms with E-state index in [4.69, 9.17) is 0 Å². The third kappa shape index (κ3) is 3.15. The first-order valence-corrected chi connectivity index (χ1v) is 7.39. The van der Waals surface area contributed by atoms with E-state index in [1.807, 2.05) is 6.92 Å². The van der Waals surface area contributed by atoms with Gasteiger partial charge in [0.1, 0.15) is 17.5 Å². The number of rotatable bonds is 3. The lowest BCUT2D eigenvalue weighted by molar-refractivity contribution is 0.478. The Balaban J connectivity index is 1.73. The predicted molar refractivity (Wildman–Crippen MR) is 77.7 cm³/mol. The summed E-state index contributed by atoms with van der Waals surface area (Å²) in [6.45, 7) is 6.43. The smallest absolute Gasteiger partial charge is 0.134 e. The molecule has 2 saturated heterocycles. The van der Waals surface area contributed by atoms with Crippen molar-refractivity contribution >= 4 is 11.6 Å². The molecule has 5 heteroatoms. The Hall–Kier alpha value is -1.36. The molecule has 19 heavy (non-hydrogen) atoms. The van der Waals surface area contributed by atoms with Gasteiger partial charge in [-0.1, -0.05) is 0 Å². The maximum absolute atomic E-state index is 4.57. The maximum atomic E-state index is 4.57. The summed E-state index contributed by atoms with van der Waals surface area (Å²) in [4.78, 5) is 11.5. The fraction of sp³-hybridized carbons (Fsp3) is 0.714. The number of piperidine rings is 1. The molecule has 2 aliphatic rings. The minimum Gasteiger partial charge on any atom is -0.367 e. The van der Waals surface area contributed by atoms with Gasteiger partial charge in [0.2, 0.25) is 0 Å². The SMILES string of the molecule is Cc1nc(NC2CCNCC2)cc(N2CCCC2)n1. The maximum Gasteiger partial charge on any atom is 0.134 e. The highest BCUT2D eigenvalue weighted by molar-refractivity contribution is 5.50. The zero-order chi connectivity index (χ0) is 13.1. The Morgan fingerprint density at radius 1 is 1.21 bits per heavy atom. The highest BCUT2D eigenvalue weighted by atomic mass is 15.2. The second-order valence-corrected chi connectivity index (χ2v) is 5.52. The van der Waals surface area contributed by atoms with Gasteiger partial charge >= 0.3 is 0 Å². The molecular weight excluding hydrogens is 238 g/mol. The molecule has 2 fully saturated rings. The van der Waals surface area contributed by atoms with Crippen LogP contribution in [0.4, 0.5) is 11.6 Å². The van der Waals surface area contributed by atoms with Crippen LogP contribution in [0.2, 0.25) is 0 Å². The molecule has 0 bridgehead atoms. The van der Waals surface area contributed by atoms with Gasteiger partial charge < -0.3 is 15.5 Å². The van der Waals surface area contributed by atoms with E-state index in [0.717, 1.165) is 43.6 Å². The van der Waals surface area contributed by atoms with Crippen molar-refractivity contribution in [1.82, 2.24) is 15.3 Å². The number of nitrogens with zero attached hydrogens (tertiary/aromatic N) is 3. The van der Waals surface area contributed by atoms with Crippen LogP contribution in [0.5, 0.6) is 0 Å². The topological polar surface area (TPSA) is 53.1 Å². The van der Waals surface area contributed by atoms with E-state index in [2.05, 4.69) is 31.6 Å². The van der Waals surface area contributed by atoms with Crippen molar-refractivity contribution in [3.8, 4) is 0 Å². The molecule has 0 aliphatic carbocycles. The van der Waals surface area contributed by atoms with Gasteiger partial charge in [-0.3, -0.25) is 0 Å². The molecule has 1 aromatic rings. The summed E-state index contributed by atoms with van der Waals surface area (Å²) in [5.41, 5.74) is 0. The minimum atomic E-state index is 0.543. The third-order valence-corrected chi connectivity index (χ3v) is 3.95. The molecular formula is C14H23N5. The van der Waals surface area contributed by atoms with Gasteiger partial charge in [-0.15, -0.1) is 0 Å². The number of aryl methyl sites for hydroxylation is 1. The normalized spacial score (nSPS) is 20.8. The standard InChI is InChI=1S/C14H23N5/c1-11-16-13(18-12-4-6-15-7-5-12)10-14(17-11)19-8-2-3-9-19/h10,12,15H,2-9H2,1H3,(H,16,17,18). The Morgan fingerprint density at radius 3 is 2.68 bits per heavy atom. The fourth-order valence-electron chi connectivity index (χ4n) is 2.91. The zero-order valence-corrected chi connectivity index (χ0v) is 11.7. The minimum absolute atomic E-state index is 0.543. The van der Waals surface area contributed by atoms with Crippen molar-refractivity contribution in [3.63, 3.8) is 0 Å². The van der Waals surface area contributed by atoms with Crippen LogP contribution in [0, 0.1) is 6.92 Å². The molecule has 104 valence electrons. The molecule has 5 nitrogen and oxygen atoms in total. The molecule has 0 unspecified atom stereocenters. The molecule has 3 rings (SSSR count). The summed E-state index contributed by atoms with van der Waals surface area (Å²) < 4.78 is 0. The summed E-state index contributed by atoms with van der Waals surface area (Å²) in [6.07, 6.45) is 4.89. The highest BCUT2D eigenvalue weighted by Gasteiger charge is 2.17. The predicted octanol–water partition coefficient (Wildman–Crippen LogP) is 1.55. The average Bonchev–Trinajstić information content (AvgIpc) is 2.93. The molecule has 0 atom stereocenters. The summed E-state index contributed by atoms with van der Waals surface area (Å²) >= 11 is 0. The number of aromatic nitrogens is 2. The Morgan fingerprint density at radius 2 is 1.95 bits per heavy atom. The summed E-state index contributed by atoms with van der Waals surface area (Å²) in [5, 5.41) is 6.95. The van der Waals surface area contributed by atoms with Crippen molar-refractivity contribution in [2.75, 3.05) is 36.4 Å². The van der Waals surface area contributed by atoms with Gasteiger partial charge in [0.15, 0.2) is 0 Å². The first-order valence-electron chi connectivity index (χ1n) is 7.39. The molecule has 0 saturated carbocycles. The average molecular weight is 261 g/mol. The Bertz CT molecular complexity index is 422. The number of nitrogens with one attached hydrogen (secondary N) is 2. The summed E-state index contributed by atoms with van der Waals surface area (Å²) in [7, 11) is 0.